The van der Waals surface area contributed by atoms with Crippen LogP contribution in [0.2, 0.25) is 5.02 Å². The first-order chi connectivity index (χ1) is 18.4. The molecule has 0 atom stereocenters. The molecule has 7 heteroatoms. The molecule has 0 radical (unpaired) electrons. The first-order valence-electron chi connectivity index (χ1n) is 11.6. The van der Waals surface area contributed by atoms with Gasteiger partial charge in [-0.25, -0.2) is 4.39 Å². The van der Waals surface area contributed by atoms with Crippen molar-refractivity contribution < 1.29 is 18.8 Å². The summed E-state index contributed by atoms with van der Waals surface area (Å²) in [6.45, 7) is 0. The third-order valence-electron chi connectivity index (χ3n) is 5.46. The standard InChI is InChI=1S/C31H22ClFN2O3/c32-27-9-5-4-6-22(27)14-19-29(36)23-12-17-26(18-13-23)34-31(38)28(20-21-10-15-25(33)16-11-21)35-30(37)24-7-2-1-3-8-24/h1-20H,(H,34,38)(H,35,37)/b19-14+,28-20-. The molecule has 4 aromatic rings. The molecule has 0 bridgehead atoms. The molecule has 38 heavy (non-hydrogen) atoms. The van der Waals surface area contributed by atoms with Gasteiger partial charge < -0.3 is 10.6 Å². The number of amides is 2. The van der Waals surface area contributed by atoms with E-state index in [1.807, 2.05) is 12.1 Å². The average molecular weight is 525 g/mol. The Morgan fingerprint density at radius 1 is 0.737 bits per heavy atom. The first-order valence-corrected chi connectivity index (χ1v) is 12.0. The Hall–Kier alpha value is -4.81. The maximum atomic E-state index is 13.3. The number of anilines is 1. The third-order valence-corrected chi connectivity index (χ3v) is 5.80. The van der Waals surface area contributed by atoms with E-state index in [0.717, 1.165) is 5.56 Å². The van der Waals surface area contributed by atoms with Crippen molar-refractivity contribution in [1.29, 1.82) is 0 Å². The van der Waals surface area contributed by atoms with Gasteiger partial charge in [0.05, 0.1) is 0 Å². The zero-order chi connectivity index (χ0) is 26.9. The molecule has 0 saturated heterocycles. The van der Waals surface area contributed by atoms with Crippen molar-refractivity contribution in [3.05, 3.63) is 148 Å². The summed E-state index contributed by atoms with van der Waals surface area (Å²) in [6, 6.07) is 27.5. The predicted molar refractivity (Wildman–Crippen MR) is 148 cm³/mol. The second kappa shape index (κ2) is 12.4. The number of carbonyl (C=O) groups is 3. The van der Waals surface area contributed by atoms with Gasteiger partial charge in [-0.15, -0.1) is 0 Å². The topological polar surface area (TPSA) is 75.3 Å². The summed E-state index contributed by atoms with van der Waals surface area (Å²) in [4.78, 5) is 38.4. The van der Waals surface area contributed by atoms with E-state index in [9.17, 15) is 18.8 Å². The summed E-state index contributed by atoms with van der Waals surface area (Å²) in [5.41, 5.74) is 2.43. The Labute approximate surface area is 224 Å². The average Bonchev–Trinajstić information content (AvgIpc) is 2.94. The molecule has 0 aromatic heterocycles. The van der Waals surface area contributed by atoms with Crippen LogP contribution in [0, 0.1) is 5.82 Å². The predicted octanol–water partition coefficient (Wildman–Crippen LogP) is 6.78. The van der Waals surface area contributed by atoms with Crippen molar-refractivity contribution in [3.63, 3.8) is 0 Å². The molecule has 188 valence electrons. The van der Waals surface area contributed by atoms with Crippen molar-refractivity contribution in [2.24, 2.45) is 0 Å². The van der Waals surface area contributed by atoms with E-state index in [2.05, 4.69) is 10.6 Å². The molecule has 0 saturated carbocycles. The lowest BCUT2D eigenvalue weighted by Crippen LogP contribution is -2.30. The molecule has 0 fully saturated rings. The second-order valence-electron chi connectivity index (χ2n) is 8.18. The van der Waals surface area contributed by atoms with E-state index in [0.29, 0.717) is 27.4 Å². The normalized spacial score (nSPS) is 11.3. The maximum Gasteiger partial charge on any atom is 0.272 e. The molecule has 0 heterocycles. The molecule has 2 amide bonds. The highest BCUT2D eigenvalue weighted by Gasteiger charge is 2.15. The number of carbonyl (C=O) groups excluding carboxylic acids is 3. The minimum absolute atomic E-state index is 0.0340. The summed E-state index contributed by atoms with van der Waals surface area (Å²) in [5.74, 6) is -1.70. The van der Waals surface area contributed by atoms with E-state index < -0.39 is 17.6 Å². The minimum atomic E-state index is -0.587. The molecule has 4 aromatic carbocycles. The van der Waals surface area contributed by atoms with E-state index in [1.54, 1.807) is 72.8 Å². The van der Waals surface area contributed by atoms with Crippen molar-refractivity contribution in [2.75, 3.05) is 5.32 Å². The van der Waals surface area contributed by atoms with Gasteiger partial charge in [-0.05, 0) is 84.0 Å². The Kier molecular flexibility index (Phi) is 8.59. The molecule has 4 rings (SSSR count). The van der Waals surface area contributed by atoms with Crippen LogP contribution in [0.1, 0.15) is 31.8 Å². The fourth-order valence-corrected chi connectivity index (χ4v) is 3.66. The van der Waals surface area contributed by atoms with Crippen LogP contribution in [0.4, 0.5) is 10.1 Å². The molecule has 0 aliphatic rings. The number of hydrogen-bond acceptors (Lipinski definition) is 3. The van der Waals surface area contributed by atoms with Gasteiger partial charge in [0.1, 0.15) is 11.5 Å². The Balaban J connectivity index is 1.49. The van der Waals surface area contributed by atoms with Gasteiger partial charge >= 0.3 is 0 Å². The fraction of sp³-hybridized carbons (Fsp3) is 0. The van der Waals surface area contributed by atoms with Gasteiger partial charge in [-0.2, -0.15) is 0 Å². The van der Waals surface area contributed by atoms with Gasteiger partial charge in [-0.3, -0.25) is 14.4 Å². The highest BCUT2D eigenvalue weighted by molar-refractivity contribution is 6.32. The lowest BCUT2D eigenvalue weighted by Gasteiger charge is -2.12. The molecule has 0 aliphatic carbocycles. The van der Waals surface area contributed by atoms with Crippen molar-refractivity contribution in [1.82, 2.24) is 5.32 Å². The number of ketones is 1. The first kappa shape index (κ1) is 26.3. The fourth-order valence-electron chi connectivity index (χ4n) is 3.46. The van der Waals surface area contributed by atoms with Gasteiger partial charge in [0.25, 0.3) is 11.8 Å². The molecule has 0 aliphatic heterocycles. The van der Waals surface area contributed by atoms with Crippen LogP contribution in [0.25, 0.3) is 12.2 Å². The molecular weight excluding hydrogens is 503 g/mol. The third kappa shape index (κ3) is 7.12. The maximum absolute atomic E-state index is 13.3. The molecule has 0 unspecified atom stereocenters. The number of allylic oxidation sites excluding steroid dienone is 1. The highest BCUT2D eigenvalue weighted by Crippen LogP contribution is 2.18. The summed E-state index contributed by atoms with van der Waals surface area (Å²) in [5, 5.41) is 5.88. The smallest absolute Gasteiger partial charge is 0.272 e. The molecule has 2 N–H and O–H groups in total. The van der Waals surface area contributed by atoms with Crippen LogP contribution >= 0.6 is 11.6 Å². The number of rotatable bonds is 8. The van der Waals surface area contributed by atoms with E-state index in [4.69, 9.17) is 11.6 Å². The SMILES string of the molecule is O=C(Nc1ccc(C(=O)/C=C/c2ccccc2Cl)cc1)/C(=C/c1ccc(F)cc1)NC(=O)c1ccccc1. The molecule has 0 spiro atoms. The van der Waals surface area contributed by atoms with Crippen LogP contribution in [0.5, 0.6) is 0 Å². The number of benzene rings is 4. The summed E-state index contributed by atoms with van der Waals surface area (Å²) >= 11 is 6.12. The largest absolute Gasteiger partial charge is 0.321 e. The van der Waals surface area contributed by atoms with Crippen molar-refractivity contribution in [2.45, 2.75) is 0 Å². The quantitative estimate of drug-likeness (QED) is 0.197. The van der Waals surface area contributed by atoms with Crippen LogP contribution in [-0.4, -0.2) is 17.6 Å². The van der Waals surface area contributed by atoms with Crippen LogP contribution in [0.15, 0.2) is 115 Å². The van der Waals surface area contributed by atoms with Crippen LogP contribution in [-0.2, 0) is 4.79 Å². The van der Waals surface area contributed by atoms with E-state index in [-0.39, 0.29) is 11.5 Å². The summed E-state index contributed by atoms with van der Waals surface area (Å²) < 4.78 is 13.3. The van der Waals surface area contributed by atoms with Crippen LogP contribution in [0.3, 0.4) is 0 Å². The summed E-state index contributed by atoms with van der Waals surface area (Å²) in [6.07, 6.45) is 4.52. The zero-order valence-electron chi connectivity index (χ0n) is 20.0. The molecule has 5 nitrogen and oxygen atoms in total. The van der Waals surface area contributed by atoms with Crippen LogP contribution < -0.4 is 10.6 Å². The van der Waals surface area contributed by atoms with Gasteiger partial charge in [0.15, 0.2) is 5.78 Å². The number of nitrogens with one attached hydrogen (secondary N) is 2. The summed E-state index contributed by atoms with van der Waals surface area (Å²) in [7, 11) is 0. The van der Waals surface area contributed by atoms with Crippen molar-refractivity contribution in [3.8, 4) is 0 Å². The minimum Gasteiger partial charge on any atom is -0.321 e. The lowest BCUT2D eigenvalue weighted by atomic mass is 10.1. The van der Waals surface area contributed by atoms with Gasteiger partial charge in [-0.1, -0.05) is 60.1 Å². The zero-order valence-corrected chi connectivity index (χ0v) is 20.8. The van der Waals surface area contributed by atoms with Gasteiger partial charge in [0, 0.05) is 21.8 Å². The van der Waals surface area contributed by atoms with Gasteiger partial charge in [0.2, 0.25) is 0 Å². The lowest BCUT2D eigenvalue weighted by molar-refractivity contribution is -0.113. The highest BCUT2D eigenvalue weighted by atomic mass is 35.5. The second-order valence-corrected chi connectivity index (χ2v) is 8.59. The van der Waals surface area contributed by atoms with Crippen molar-refractivity contribution >= 4 is 47.0 Å². The van der Waals surface area contributed by atoms with E-state index >= 15 is 0 Å². The number of hydrogen-bond donors (Lipinski definition) is 2. The van der Waals surface area contributed by atoms with E-state index in [1.165, 1.54) is 36.4 Å². The Bertz CT molecular complexity index is 1510. The Morgan fingerprint density at radius 2 is 1.39 bits per heavy atom. The monoisotopic (exact) mass is 524 g/mol. The Morgan fingerprint density at radius 3 is 2.08 bits per heavy atom. The molecular formula is C31H22ClFN2O3. The number of halogens is 2.